The zero-order chi connectivity index (χ0) is 38.0. The molecule has 3 aliphatic heterocycles. The van der Waals surface area contributed by atoms with Crippen LogP contribution in [0.2, 0.25) is 0 Å². The van der Waals surface area contributed by atoms with Crippen molar-refractivity contribution in [1.82, 2.24) is 15.7 Å². The quantitative estimate of drug-likeness (QED) is 0.198. The molecule has 7 unspecified atom stereocenters. The molecule has 14 heteroatoms. The van der Waals surface area contributed by atoms with E-state index in [-0.39, 0.29) is 56.7 Å². The maximum absolute atomic E-state index is 14.8. The third kappa shape index (κ3) is 7.06. The van der Waals surface area contributed by atoms with Crippen molar-refractivity contribution in [3.8, 4) is 0 Å². The number of carbonyl (C=O) groups is 4. The zero-order valence-corrected chi connectivity index (χ0v) is 32.9. The number of hydrogen-bond donors (Lipinski definition) is 3. The van der Waals surface area contributed by atoms with Crippen LogP contribution >= 0.6 is 22.6 Å². The number of fused-ring (bicyclic) bond motifs is 4. The van der Waals surface area contributed by atoms with E-state index in [0.29, 0.717) is 11.1 Å². The molecular formula is C40H48IN3O10. The van der Waals surface area contributed by atoms with Gasteiger partial charge < -0.3 is 34.7 Å². The molecule has 3 saturated carbocycles. The molecular weight excluding hydrogens is 809 g/mol. The Morgan fingerprint density at radius 3 is 2.44 bits per heavy atom. The van der Waals surface area contributed by atoms with Crippen molar-refractivity contribution in [3.05, 3.63) is 68.8 Å². The van der Waals surface area contributed by atoms with E-state index in [0.717, 1.165) is 34.8 Å². The Bertz CT molecular complexity index is 1800. The fourth-order valence-corrected chi connectivity index (χ4v) is 9.35. The Balaban J connectivity index is 1.01. The average molecular weight is 858 g/mol. The largest absolute Gasteiger partial charge is 0.460 e. The fraction of sp³-hybridized carbons (Fsp3) is 0.600. The summed E-state index contributed by atoms with van der Waals surface area (Å²) in [7, 11) is 0. The van der Waals surface area contributed by atoms with Crippen LogP contribution in [0.4, 0.5) is 0 Å². The smallest absolute Gasteiger partial charge is 0.327 e. The summed E-state index contributed by atoms with van der Waals surface area (Å²) in [5, 5.41) is 17.4. The second-order valence-electron chi connectivity index (χ2n) is 16.6. The number of amides is 2. The average Bonchev–Trinajstić information content (AvgIpc) is 4.08. The van der Waals surface area contributed by atoms with Crippen LogP contribution in [-0.2, 0) is 51.3 Å². The number of halogens is 1. The first kappa shape index (κ1) is 37.8. The van der Waals surface area contributed by atoms with Gasteiger partial charge in [0.1, 0.15) is 35.4 Å². The number of nitrogens with zero attached hydrogens (tertiary/aromatic N) is 1. The number of aliphatic hydroxyl groups excluding tert-OH is 1. The van der Waals surface area contributed by atoms with E-state index >= 15 is 0 Å². The maximum Gasteiger partial charge on any atom is 0.327 e. The molecule has 2 amide bonds. The molecule has 7 atom stereocenters. The minimum absolute atomic E-state index is 0.0413. The van der Waals surface area contributed by atoms with E-state index in [4.69, 9.17) is 23.8 Å². The van der Waals surface area contributed by atoms with Gasteiger partial charge in [0.15, 0.2) is 11.8 Å². The van der Waals surface area contributed by atoms with Gasteiger partial charge in [0, 0.05) is 40.4 Å². The maximum atomic E-state index is 14.8. The van der Waals surface area contributed by atoms with E-state index in [1.807, 2.05) is 24.3 Å². The summed E-state index contributed by atoms with van der Waals surface area (Å²) in [6.45, 7) is 5.34. The van der Waals surface area contributed by atoms with Gasteiger partial charge in [-0.25, -0.2) is 0 Å². The van der Waals surface area contributed by atoms with Crippen LogP contribution < -0.4 is 10.6 Å². The first-order valence-electron chi connectivity index (χ1n) is 19.0. The summed E-state index contributed by atoms with van der Waals surface area (Å²) in [6, 6.07) is 13.0. The van der Waals surface area contributed by atoms with E-state index < -0.39 is 71.1 Å². The molecule has 54 heavy (non-hydrogen) atoms. The Kier molecular flexibility index (Phi) is 10.1. The van der Waals surface area contributed by atoms with Gasteiger partial charge in [0.2, 0.25) is 5.91 Å². The van der Waals surface area contributed by atoms with Crippen molar-refractivity contribution in [2.45, 2.75) is 127 Å². The lowest BCUT2D eigenvalue weighted by molar-refractivity contribution is -0.235. The summed E-state index contributed by atoms with van der Waals surface area (Å²) in [6.07, 6.45) is 1.95. The standard InChI is InChI=1S/C40H48IN3O10/c1-38(2,3)51-30(46)16-15-27(21-45)43-35(47)23-9-6-7-22(17-23)19-42-37(49)39-18-29-31-32(53-40(52-31,25-11-12-25)26-13-14-26)34(39)54-44(33(39)36(48)50-29)20-24-8-4-5-10-28(24)41/h4-10,17,25-27,29,31-34,45H,11-16,18-21H2,1-3H3,(H,42,49)(H,43,47). The molecule has 6 fully saturated rings. The van der Waals surface area contributed by atoms with Gasteiger partial charge >= 0.3 is 11.9 Å². The van der Waals surface area contributed by atoms with E-state index in [1.165, 1.54) is 0 Å². The summed E-state index contributed by atoms with van der Waals surface area (Å²) < 4.78 is 26.3. The Labute approximate surface area is 328 Å². The van der Waals surface area contributed by atoms with Gasteiger partial charge in [0.05, 0.1) is 19.2 Å². The third-order valence-corrected chi connectivity index (χ3v) is 12.6. The second kappa shape index (κ2) is 14.4. The van der Waals surface area contributed by atoms with Gasteiger partial charge in [-0.15, -0.1) is 0 Å². The van der Waals surface area contributed by atoms with Gasteiger partial charge in [-0.2, -0.15) is 5.06 Å². The summed E-state index contributed by atoms with van der Waals surface area (Å²) in [4.78, 5) is 61.0. The number of rotatable bonds is 13. The van der Waals surface area contributed by atoms with E-state index in [2.05, 4.69) is 33.2 Å². The van der Waals surface area contributed by atoms with Crippen LogP contribution in [0.25, 0.3) is 0 Å². The molecule has 0 radical (unpaired) electrons. The lowest BCUT2D eigenvalue weighted by Gasteiger charge is -2.48. The van der Waals surface area contributed by atoms with Crippen molar-refractivity contribution in [2.75, 3.05) is 6.61 Å². The molecule has 3 N–H and O–H groups in total. The predicted molar refractivity (Wildman–Crippen MR) is 200 cm³/mol. The van der Waals surface area contributed by atoms with E-state index in [1.54, 1.807) is 50.1 Å². The van der Waals surface area contributed by atoms with Gasteiger partial charge in [0.25, 0.3) is 5.91 Å². The van der Waals surface area contributed by atoms with Crippen LogP contribution in [0.15, 0.2) is 48.5 Å². The Morgan fingerprint density at radius 2 is 1.76 bits per heavy atom. The third-order valence-electron chi connectivity index (χ3n) is 11.5. The Morgan fingerprint density at radius 1 is 1.04 bits per heavy atom. The van der Waals surface area contributed by atoms with Crippen LogP contribution in [-0.4, -0.2) is 88.4 Å². The van der Waals surface area contributed by atoms with Crippen LogP contribution in [0.1, 0.15) is 87.2 Å². The minimum atomic E-state index is -1.31. The second-order valence-corrected chi connectivity index (χ2v) is 17.8. The number of nitrogens with one attached hydrogen (secondary N) is 2. The van der Waals surface area contributed by atoms with Crippen molar-refractivity contribution in [2.24, 2.45) is 17.3 Å². The summed E-state index contributed by atoms with van der Waals surface area (Å²) >= 11 is 2.26. The number of benzene rings is 2. The molecule has 2 bridgehead atoms. The molecule has 0 aromatic heterocycles. The molecule has 2 aromatic rings. The highest BCUT2D eigenvalue weighted by molar-refractivity contribution is 14.1. The predicted octanol–water partition coefficient (Wildman–Crippen LogP) is 3.92. The number of ether oxygens (including phenoxy) is 4. The van der Waals surface area contributed by atoms with Gasteiger partial charge in [-0.3, -0.25) is 24.0 Å². The van der Waals surface area contributed by atoms with Crippen molar-refractivity contribution in [1.29, 1.82) is 0 Å². The molecule has 8 rings (SSSR count). The van der Waals surface area contributed by atoms with Crippen molar-refractivity contribution < 1.29 is 48.1 Å². The number of aliphatic hydroxyl groups is 1. The van der Waals surface area contributed by atoms with Gasteiger partial charge in [-0.1, -0.05) is 30.3 Å². The lowest BCUT2D eigenvalue weighted by atomic mass is 9.62. The zero-order valence-electron chi connectivity index (χ0n) is 30.8. The molecule has 2 aromatic carbocycles. The number of esters is 2. The highest BCUT2D eigenvalue weighted by atomic mass is 127. The first-order chi connectivity index (χ1) is 25.8. The number of hydrogen-bond acceptors (Lipinski definition) is 11. The van der Waals surface area contributed by atoms with Crippen LogP contribution in [0.3, 0.4) is 0 Å². The summed E-state index contributed by atoms with van der Waals surface area (Å²) in [5.74, 6) is -1.90. The molecule has 3 heterocycles. The topological polar surface area (TPSA) is 162 Å². The molecule has 0 spiro atoms. The Hall–Kier alpha value is -3.15. The SMILES string of the molecule is CC(C)(C)OC(=O)CCC(CO)NC(=O)c1cccc(CNC(=O)C23CC4OC(=O)C2N(Cc2ccccc2I)OC3C2OC(C3CC3)(C3CC3)OC42)c1. The van der Waals surface area contributed by atoms with Crippen molar-refractivity contribution in [3.63, 3.8) is 0 Å². The normalized spacial score (nSPS) is 30.2. The minimum Gasteiger partial charge on any atom is -0.460 e. The molecule has 3 saturated heterocycles. The molecule has 6 aliphatic rings. The highest BCUT2D eigenvalue weighted by Gasteiger charge is 2.78. The molecule has 3 aliphatic carbocycles. The molecule has 13 nitrogen and oxygen atoms in total. The first-order valence-corrected chi connectivity index (χ1v) is 20.1. The lowest BCUT2D eigenvalue weighted by Crippen LogP contribution is -2.69. The van der Waals surface area contributed by atoms with Crippen molar-refractivity contribution >= 4 is 46.3 Å². The fourth-order valence-electron chi connectivity index (χ4n) is 8.79. The van der Waals surface area contributed by atoms with Crippen LogP contribution in [0, 0.1) is 20.8 Å². The van der Waals surface area contributed by atoms with E-state index in [9.17, 15) is 24.3 Å². The monoisotopic (exact) mass is 857 g/mol. The van der Waals surface area contributed by atoms with Crippen LogP contribution in [0.5, 0.6) is 0 Å². The number of hydroxylamine groups is 2. The number of carbonyl (C=O) groups excluding carboxylic acids is 4. The molecule has 290 valence electrons. The van der Waals surface area contributed by atoms with Gasteiger partial charge in [-0.05, 0) is 105 Å². The summed E-state index contributed by atoms with van der Waals surface area (Å²) in [5.41, 5.74) is 0.00540. The highest BCUT2D eigenvalue weighted by Crippen LogP contribution is 2.63.